The van der Waals surface area contributed by atoms with E-state index >= 15 is 0 Å². The minimum Gasteiger partial charge on any atom is -0.389 e. The zero-order valence-corrected chi connectivity index (χ0v) is 15.7. The van der Waals surface area contributed by atoms with E-state index in [2.05, 4.69) is 4.98 Å². The van der Waals surface area contributed by atoms with Crippen molar-refractivity contribution < 1.29 is 14.7 Å². The molecule has 0 aromatic carbocycles. The van der Waals surface area contributed by atoms with Crippen molar-refractivity contribution >= 4 is 11.9 Å². The molecule has 0 saturated carbocycles. The van der Waals surface area contributed by atoms with Gasteiger partial charge in [-0.05, 0) is 37.3 Å². The van der Waals surface area contributed by atoms with Crippen LogP contribution >= 0.6 is 0 Å². The third-order valence-electron chi connectivity index (χ3n) is 6.35. The third-order valence-corrected chi connectivity index (χ3v) is 6.35. The molecule has 4 rings (SSSR count). The summed E-state index contributed by atoms with van der Waals surface area (Å²) in [6, 6.07) is 3.83. The minimum atomic E-state index is -0.757. The number of aromatic nitrogens is 1. The van der Waals surface area contributed by atoms with Gasteiger partial charge in [-0.25, -0.2) is 4.79 Å². The molecule has 0 bridgehead atoms. The van der Waals surface area contributed by atoms with E-state index in [1.54, 1.807) is 12.4 Å². The smallest absolute Gasteiger partial charge is 0.320 e. The molecule has 3 aliphatic heterocycles. The van der Waals surface area contributed by atoms with Crippen molar-refractivity contribution in [2.75, 3.05) is 39.3 Å². The van der Waals surface area contributed by atoms with Gasteiger partial charge >= 0.3 is 6.03 Å². The number of carbonyl (C=O) groups excluding carboxylic acids is 2. The van der Waals surface area contributed by atoms with E-state index < -0.39 is 5.60 Å². The maximum atomic E-state index is 12.7. The number of hydrogen-bond donors (Lipinski definition) is 1. The summed E-state index contributed by atoms with van der Waals surface area (Å²) in [7, 11) is 0. The summed E-state index contributed by atoms with van der Waals surface area (Å²) in [5, 5.41) is 11.0. The van der Waals surface area contributed by atoms with E-state index in [9.17, 15) is 14.7 Å². The molecular weight excluding hydrogens is 344 g/mol. The van der Waals surface area contributed by atoms with Gasteiger partial charge in [0.25, 0.3) is 0 Å². The highest BCUT2D eigenvalue weighted by Crippen LogP contribution is 2.36. The van der Waals surface area contributed by atoms with Crippen molar-refractivity contribution in [1.29, 1.82) is 0 Å². The molecule has 0 unspecified atom stereocenters. The molecular formula is C20H28N4O3. The molecule has 3 aliphatic rings. The van der Waals surface area contributed by atoms with Crippen LogP contribution in [0.5, 0.6) is 0 Å². The van der Waals surface area contributed by atoms with Gasteiger partial charge in [-0.3, -0.25) is 9.78 Å². The first kappa shape index (κ1) is 18.2. The topological polar surface area (TPSA) is 77.0 Å². The van der Waals surface area contributed by atoms with Crippen LogP contribution in [0.25, 0.3) is 0 Å². The van der Waals surface area contributed by atoms with Gasteiger partial charge in [0.15, 0.2) is 0 Å². The average molecular weight is 372 g/mol. The molecule has 1 aromatic heterocycles. The average Bonchev–Trinajstić information content (AvgIpc) is 3.22. The van der Waals surface area contributed by atoms with Gasteiger partial charge in [0.2, 0.25) is 5.91 Å². The summed E-state index contributed by atoms with van der Waals surface area (Å²) >= 11 is 0. The predicted molar refractivity (Wildman–Crippen MR) is 100.0 cm³/mol. The second-order valence-corrected chi connectivity index (χ2v) is 8.10. The Kier molecular flexibility index (Phi) is 5.04. The minimum absolute atomic E-state index is 0.0630. The predicted octanol–water partition coefficient (Wildman–Crippen LogP) is 1.13. The molecule has 146 valence electrons. The van der Waals surface area contributed by atoms with E-state index in [1.807, 2.05) is 26.8 Å². The Labute approximate surface area is 160 Å². The molecule has 3 fully saturated rings. The molecule has 7 heteroatoms. The Morgan fingerprint density at radius 1 is 1.07 bits per heavy atom. The Bertz CT molecular complexity index is 692. The van der Waals surface area contributed by atoms with Crippen LogP contribution in [0.4, 0.5) is 4.79 Å². The molecule has 7 nitrogen and oxygen atoms in total. The van der Waals surface area contributed by atoms with Crippen LogP contribution in [-0.2, 0) is 11.2 Å². The van der Waals surface area contributed by atoms with Crippen LogP contribution < -0.4 is 0 Å². The van der Waals surface area contributed by atoms with E-state index in [0.717, 1.165) is 31.5 Å². The molecule has 27 heavy (non-hydrogen) atoms. The first-order valence-corrected chi connectivity index (χ1v) is 9.98. The number of carbonyl (C=O) groups is 2. The third kappa shape index (κ3) is 3.78. The number of rotatable bonds is 2. The fourth-order valence-electron chi connectivity index (χ4n) is 4.60. The van der Waals surface area contributed by atoms with Crippen molar-refractivity contribution in [2.24, 2.45) is 5.92 Å². The summed E-state index contributed by atoms with van der Waals surface area (Å²) in [6.45, 7) is 3.89. The fourth-order valence-corrected chi connectivity index (χ4v) is 4.60. The first-order chi connectivity index (χ1) is 13.0. The summed E-state index contributed by atoms with van der Waals surface area (Å²) in [6.07, 6.45) is 7.07. The number of piperidine rings is 2. The molecule has 2 atom stereocenters. The van der Waals surface area contributed by atoms with E-state index in [1.165, 1.54) is 0 Å². The van der Waals surface area contributed by atoms with Gasteiger partial charge in [-0.2, -0.15) is 0 Å². The normalized spacial score (nSPS) is 28.2. The summed E-state index contributed by atoms with van der Waals surface area (Å²) in [5.74, 6) is -0.0163. The monoisotopic (exact) mass is 372 g/mol. The lowest BCUT2D eigenvalue weighted by molar-refractivity contribution is -0.144. The number of likely N-dealkylation sites (tertiary alicyclic amines) is 3. The Morgan fingerprint density at radius 3 is 2.48 bits per heavy atom. The zero-order chi connectivity index (χ0) is 18.9. The molecule has 0 spiro atoms. The summed E-state index contributed by atoms with van der Waals surface area (Å²) in [5.41, 5.74) is 0.144. The highest BCUT2D eigenvalue weighted by molar-refractivity contribution is 5.79. The number of aliphatic hydroxyl groups is 1. The van der Waals surface area contributed by atoms with Gasteiger partial charge < -0.3 is 19.8 Å². The number of urea groups is 1. The van der Waals surface area contributed by atoms with Crippen molar-refractivity contribution in [3.8, 4) is 0 Å². The van der Waals surface area contributed by atoms with Gasteiger partial charge in [-0.15, -0.1) is 0 Å². The number of amides is 3. The molecule has 1 N–H and O–H groups in total. The largest absolute Gasteiger partial charge is 0.389 e. The van der Waals surface area contributed by atoms with Crippen LogP contribution in [-0.4, -0.2) is 81.6 Å². The maximum absolute atomic E-state index is 12.7. The molecule has 3 saturated heterocycles. The van der Waals surface area contributed by atoms with Crippen molar-refractivity contribution in [2.45, 2.75) is 37.7 Å². The standard InChI is InChI=1S/C20H28N4O3/c25-18(12-16-4-3-7-21-13-16)23-10-5-20(27)6-11-24(15-17(20)14-23)19(26)22-8-1-2-9-22/h3-4,7,13,17,27H,1-2,5-6,8-12,14-15H2/t17-,20-/m0/s1. The number of pyridine rings is 1. The van der Waals surface area contributed by atoms with Crippen molar-refractivity contribution in [3.05, 3.63) is 30.1 Å². The molecule has 4 heterocycles. The van der Waals surface area contributed by atoms with Crippen LogP contribution in [0.15, 0.2) is 24.5 Å². The van der Waals surface area contributed by atoms with Gasteiger partial charge in [0.05, 0.1) is 12.0 Å². The Hall–Kier alpha value is -2.15. The first-order valence-electron chi connectivity index (χ1n) is 9.98. The van der Waals surface area contributed by atoms with Gasteiger partial charge in [0.1, 0.15) is 0 Å². The van der Waals surface area contributed by atoms with Gasteiger partial charge in [-0.1, -0.05) is 6.07 Å². The highest BCUT2D eigenvalue weighted by Gasteiger charge is 2.47. The number of fused-ring (bicyclic) bond motifs is 1. The number of nitrogens with zero attached hydrogens (tertiary/aromatic N) is 4. The molecule has 0 aliphatic carbocycles. The zero-order valence-electron chi connectivity index (χ0n) is 15.7. The summed E-state index contributed by atoms with van der Waals surface area (Å²) in [4.78, 5) is 35.1. The highest BCUT2D eigenvalue weighted by atomic mass is 16.3. The second kappa shape index (κ2) is 7.46. The summed E-state index contributed by atoms with van der Waals surface area (Å²) < 4.78 is 0. The Morgan fingerprint density at radius 2 is 1.78 bits per heavy atom. The van der Waals surface area contributed by atoms with Crippen LogP contribution in [0.3, 0.4) is 0 Å². The van der Waals surface area contributed by atoms with Crippen molar-refractivity contribution in [1.82, 2.24) is 19.7 Å². The van der Waals surface area contributed by atoms with E-state index in [4.69, 9.17) is 0 Å². The molecule has 3 amide bonds. The lowest BCUT2D eigenvalue weighted by Crippen LogP contribution is -2.62. The lowest BCUT2D eigenvalue weighted by Gasteiger charge is -2.50. The second-order valence-electron chi connectivity index (χ2n) is 8.10. The molecule has 0 radical (unpaired) electrons. The van der Waals surface area contributed by atoms with Crippen LogP contribution in [0.1, 0.15) is 31.2 Å². The fraction of sp³-hybridized carbons (Fsp3) is 0.650. The Balaban J connectivity index is 1.39. The van der Waals surface area contributed by atoms with Crippen LogP contribution in [0.2, 0.25) is 0 Å². The van der Waals surface area contributed by atoms with Crippen molar-refractivity contribution in [3.63, 3.8) is 0 Å². The molecule has 1 aromatic rings. The quantitative estimate of drug-likeness (QED) is 0.844. The van der Waals surface area contributed by atoms with Crippen LogP contribution in [0, 0.1) is 5.92 Å². The number of hydrogen-bond acceptors (Lipinski definition) is 4. The van der Waals surface area contributed by atoms with Gasteiger partial charge in [0, 0.05) is 57.6 Å². The lowest BCUT2D eigenvalue weighted by atomic mass is 9.75. The maximum Gasteiger partial charge on any atom is 0.320 e. The van der Waals surface area contributed by atoms with E-state index in [0.29, 0.717) is 45.4 Å². The SMILES string of the molecule is O=C(Cc1cccnc1)N1CC[C@]2(O)CCN(C(=O)N3CCCC3)C[C@@H]2C1. The van der Waals surface area contributed by atoms with E-state index in [-0.39, 0.29) is 17.9 Å².